The van der Waals surface area contributed by atoms with Crippen LogP contribution < -0.4 is 4.90 Å². The van der Waals surface area contributed by atoms with Gasteiger partial charge in [0.2, 0.25) is 0 Å². The maximum atomic E-state index is 5.12. The van der Waals surface area contributed by atoms with Gasteiger partial charge in [-0.2, -0.15) is 0 Å². The molecule has 0 radical (unpaired) electrons. The summed E-state index contributed by atoms with van der Waals surface area (Å²) < 4.78 is 0. The molecule has 4 heteroatoms. The fourth-order valence-corrected chi connectivity index (χ4v) is 5.89. The molecule has 1 aliphatic heterocycles. The van der Waals surface area contributed by atoms with Crippen LogP contribution in [-0.2, 0) is 25.8 Å². The molecule has 1 aromatic carbocycles. The average Bonchev–Trinajstić information content (AvgIpc) is 3.04. The maximum Gasteiger partial charge on any atom is 0.141 e. The lowest BCUT2D eigenvalue weighted by atomic mass is 9.89. The van der Waals surface area contributed by atoms with Crippen molar-refractivity contribution < 1.29 is 0 Å². The fourth-order valence-electron chi connectivity index (χ4n) is 4.50. The Bertz CT molecular complexity index is 1000. The molecule has 0 saturated carbocycles. The lowest BCUT2D eigenvalue weighted by Gasteiger charge is -2.31. The molecule has 3 heterocycles. The van der Waals surface area contributed by atoms with Gasteiger partial charge in [-0.25, -0.2) is 9.97 Å². The van der Waals surface area contributed by atoms with Crippen LogP contribution >= 0.6 is 11.3 Å². The van der Waals surface area contributed by atoms with E-state index in [2.05, 4.69) is 49.9 Å². The highest BCUT2D eigenvalue weighted by atomic mass is 32.1. The molecule has 1 atom stereocenters. The third-order valence-electron chi connectivity index (χ3n) is 6.10. The van der Waals surface area contributed by atoms with E-state index in [1.165, 1.54) is 52.0 Å². The van der Waals surface area contributed by atoms with Crippen molar-refractivity contribution in [3.63, 3.8) is 0 Å². The van der Waals surface area contributed by atoms with E-state index in [9.17, 15) is 0 Å². The van der Waals surface area contributed by atoms with Crippen LogP contribution in [-0.4, -0.2) is 16.5 Å². The number of hydrogen-bond acceptors (Lipinski definition) is 4. The predicted molar refractivity (Wildman–Crippen MR) is 114 cm³/mol. The molecule has 2 aliphatic rings. The topological polar surface area (TPSA) is 29.0 Å². The summed E-state index contributed by atoms with van der Waals surface area (Å²) in [6, 6.07) is 8.86. The van der Waals surface area contributed by atoms with Crippen molar-refractivity contribution in [3.05, 3.63) is 51.7 Å². The number of fused-ring (bicyclic) bond motifs is 4. The summed E-state index contributed by atoms with van der Waals surface area (Å²) in [6.45, 7) is 8.78. The minimum atomic E-state index is 0.350. The first-order valence-electron chi connectivity index (χ1n) is 10.2. The van der Waals surface area contributed by atoms with Crippen LogP contribution in [0.1, 0.15) is 60.5 Å². The van der Waals surface area contributed by atoms with Crippen LogP contribution in [0.25, 0.3) is 10.2 Å². The van der Waals surface area contributed by atoms with Crippen molar-refractivity contribution in [1.82, 2.24) is 9.97 Å². The lowest BCUT2D eigenvalue weighted by Crippen LogP contribution is -2.31. The molecule has 0 fully saturated rings. The molecule has 1 unspecified atom stereocenters. The molecular weight excluding hydrogens is 350 g/mol. The summed E-state index contributed by atoms with van der Waals surface area (Å²) in [4.78, 5) is 15.4. The Kier molecular flexibility index (Phi) is 4.19. The maximum absolute atomic E-state index is 5.12. The molecule has 3 nitrogen and oxygen atoms in total. The van der Waals surface area contributed by atoms with Gasteiger partial charge in [-0.1, -0.05) is 45.0 Å². The normalized spacial score (nSPS) is 19.4. The number of thiophene rings is 1. The first-order chi connectivity index (χ1) is 13.1. The van der Waals surface area contributed by atoms with Crippen molar-refractivity contribution in [1.29, 1.82) is 0 Å². The van der Waals surface area contributed by atoms with Gasteiger partial charge in [0.15, 0.2) is 0 Å². The van der Waals surface area contributed by atoms with Gasteiger partial charge >= 0.3 is 0 Å². The molecular formula is C23H27N3S. The second-order valence-corrected chi connectivity index (χ2v) is 9.62. The summed E-state index contributed by atoms with van der Waals surface area (Å²) in [6.07, 6.45) is 4.77. The van der Waals surface area contributed by atoms with Gasteiger partial charge in [-0.05, 0) is 48.3 Å². The van der Waals surface area contributed by atoms with Gasteiger partial charge in [-0.3, -0.25) is 0 Å². The third-order valence-corrected chi connectivity index (χ3v) is 7.25. The van der Waals surface area contributed by atoms with Gasteiger partial charge in [0.05, 0.1) is 5.39 Å². The van der Waals surface area contributed by atoms with Crippen LogP contribution in [0, 0.1) is 5.92 Å². The summed E-state index contributed by atoms with van der Waals surface area (Å²) in [7, 11) is 0. The molecule has 3 aromatic rings. The highest BCUT2D eigenvalue weighted by Gasteiger charge is 2.27. The van der Waals surface area contributed by atoms with Crippen molar-refractivity contribution in [2.75, 3.05) is 11.4 Å². The molecule has 0 saturated heterocycles. The number of nitrogens with zero attached hydrogens (tertiary/aromatic N) is 3. The Balaban J connectivity index is 1.66. The Morgan fingerprint density at radius 3 is 2.74 bits per heavy atom. The van der Waals surface area contributed by atoms with E-state index in [0.717, 1.165) is 31.3 Å². The number of benzene rings is 1. The molecule has 140 valence electrons. The SMILES string of the molecule is CC1CCc2c(sc3nc(C(C)C)nc(N4CCc5ccccc5C4)c23)C1. The second kappa shape index (κ2) is 6.59. The van der Waals surface area contributed by atoms with E-state index in [1.54, 1.807) is 4.88 Å². The van der Waals surface area contributed by atoms with E-state index >= 15 is 0 Å². The predicted octanol–water partition coefficient (Wildman–Crippen LogP) is 5.50. The summed E-state index contributed by atoms with van der Waals surface area (Å²) in [5.74, 6) is 3.31. The second-order valence-electron chi connectivity index (χ2n) is 8.53. The molecule has 0 amide bonds. The van der Waals surface area contributed by atoms with E-state index in [0.29, 0.717) is 5.92 Å². The third kappa shape index (κ3) is 2.94. The highest BCUT2D eigenvalue weighted by molar-refractivity contribution is 7.19. The number of aryl methyl sites for hydroxylation is 1. The van der Waals surface area contributed by atoms with Gasteiger partial charge < -0.3 is 4.90 Å². The van der Waals surface area contributed by atoms with E-state index in [4.69, 9.17) is 9.97 Å². The smallest absolute Gasteiger partial charge is 0.141 e. The van der Waals surface area contributed by atoms with Gasteiger partial charge in [-0.15, -0.1) is 11.3 Å². The molecule has 2 aromatic heterocycles. The van der Waals surface area contributed by atoms with Crippen LogP contribution in [0.5, 0.6) is 0 Å². The zero-order valence-corrected chi connectivity index (χ0v) is 17.3. The first kappa shape index (κ1) is 17.2. The Labute approximate surface area is 165 Å². The van der Waals surface area contributed by atoms with E-state index < -0.39 is 0 Å². The minimum Gasteiger partial charge on any atom is -0.351 e. The minimum absolute atomic E-state index is 0.350. The molecule has 0 spiro atoms. The highest BCUT2D eigenvalue weighted by Crippen LogP contribution is 2.42. The van der Waals surface area contributed by atoms with E-state index in [1.807, 2.05) is 11.3 Å². The molecule has 0 N–H and O–H groups in total. The van der Waals surface area contributed by atoms with Crippen molar-refractivity contribution in [2.24, 2.45) is 5.92 Å². The zero-order chi connectivity index (χ0) is 18.5. The number of rotatable bonds is 2. The van der Waals surface area contributed by atoms with Crippen LogP contribution in [0.4, 0.5) is 5.82 Å². The van der Waals surface area contributed by atoms with Crippen LogP contribution in [0.2, 0.25) is 0 Å². The fraction of sp³-hybridized carbons (Fsp3) is 0.478. The standard InChI is InChI=1S/C23H27N3S/c1-14(2)21-24-22(26-11-10-16-6-4-5-7-17(16)13-26)20-18-9-8-15(3)12-19(18)27-23(20)25-21/h4-7,14-15H,8-13H2,1-3H3. The Hall–Kier alpha value is -1.94. The van der Waals surface area contributed by atoms with Crippen molar-refractivity contribution >= 4 is 27.4 Å². The van der Waals surface area contributed by atoms with Gasteiger partial charge in [0, 0.05) is 23.9 Å². The molecule has 5 rings (SSSR count). The Morgan fingerprint density at radius 1 is 1.11 bits per heavy atom. The molecule has 27 heavy (non-hydrogen) atoms. The largest absolute Gasteiger partial charge is 0.351 e. The zero-order valence-electron chi connectivity index (χ0n) is 16.5. The summed E-state index contributed by atoms with van der Waals surface area (Å²) >= 11 is 1.92. The Morgan fingerprint density at radius 2 is 1.93 bits per heavy atom. The number of aromatic nitrogens is 2. The van der Waals surface area contributed by atoms with Crippen molar-refractivity contribution in [2.45, 2.75) is 58.9 Å². The van der Waals surface area contributed by atoms with Gasteiger partial charge in [0.25, 0.3) is 0 Å². The van der Waals surface area contributed by atoms with Crippen LogP contribution in [0.3, 0.4) is 0 Å². The van der Waals surface area contributed by atoms with Gasteiger partial charge in [0.1, 0.15) is 16.5 Å². The van der Waals surface area contributed by atoms with E-state index in [-0.39, 0.29) is 0 Å². The van der Waals surface area contributed by atoms with Crippen molar-refractivity contribution in [3.8, 4) is 0 Å². The number of hydrogen-bond donors (Lipinski definition) is 0. The molecule has 0 bridgehead atoms. The quantitative estimate of drug-likeness (QED) is 0.590. The monoisotopic (exact) mass is 377 g/mol. The first-order valence-corrected chi connectivity index (χ1v) is 11.1. The lowest BCUT2D eigenvalue weighted by molar-refractivity contribution is 0.509. The molecule has 1 aliphatic carbocycles. The van der Waals surface area contributed by atoms with Crippen LogP contribution in [0.15, 0.2) is 24.3 Å². The average molecular weight is 378 g/mol. The summed E-state index contributed by atoms with van der Waals surface area (Å²) in [5.41, 5.74) is 4.47. The number of anilines is 1. The summed E-state index contributed by atoms with van der Waals surface area (Å²) in [5, 5.41) is 1.35.